The lowest BCUT2D eigenvalue weighted by atomic mass is 9.86. The first-order valence-electron chi connectivity index (χ1n) is 5.86. The number of nitrogens with zero attached hydrogens (tertiary/aromatic N) is 1. The molecule has 1 aromatic carbocycles. The third kappa shape index (κ3) is 2.99. The smallest absolute Gasteiger partial charge is 0.253 e. The Hall–Kier alpha value is -1.51. The predicted molar refractivity (Wildman–Crippen MR) is 69.4 cm³/mol. The highest BCUT2D eigenvalue weighted by atomic mass is 16.3. The summed E-state index contributed by atoms with van der Waals surface area (Å²) in [5.41, 5.74) is 1.26. The molecule has 0 aliphatic heterocycles. The number of rotatable bonds is 2. The molecule has 0 aliphatic rings. The van der Waals surface area contributed by atoms with Crippen LogP contribution in [0.4, 0.5) is 0 Å². The lowest BCUT2D eigenvalue weighted by molar-refractivity contribution is 0.0802. The molecule has 0 heterocycles. The predicted octanol–water partition coefficient (Wildman–Crippen LogP) is 2.78. The van der Waals surface area contributed by atoms with Crippen molar-refractivity contribution in [2.45, 2.75) is 33.1 Å². The number of amides is 1. The number of carbonyl (C=O) groups is 1. The molecule has 3 heteroatoms. The van der Waals surface area contributed by atoms with Crippen LogP contribution in [-0.2, 0) is 5.41 Å². The molecule has 0 unspecified atom stereocenters. The van der Waals surface area contributed by atoms with Crippen LogP contribution in [0.25, 0.3) is 0 Å². The lowest BCUT2D eigenvalue weighted by Gasteiger charge is -2.21. The molecule has 1 N–H and O–H groups in total. The van der Waals surface area contributed by atoms with Gasteiger partial charge in [0, 0.05) is 19.2 Å². The van der Waals surface area contributed by atoms with E-state index in [1.807, 2.05) is 33.8 Å². The Morgan fingerprint density at radius 2 is 1.94 bits per heavy atom. The highest BCUT2D eigenvalue weighted by Crippen LogP contribution is 2.31. The first-order chi connectivity index (χ1) is 7.77. The first-order valence-corrected chi connectivity index (χ1v) is 5.86. The van der Waals surface area contributed by atoms with Crippen molar-refractivity contribution in [3.05, 3.63) is 29.3 Å². The summed E-state index contributed by atoms with van der Waals surface area (Å²) in [6, 6.07) is 5.15. The number of carbonyl (C=O) groups excluding carboxylic acids is 1. The largest absolute Gasteiger partial charge is 0.508 e. The van der Waals surface area contributed by atoms with E-state index in [9.17, 15) is 9.90 Å². The van der Waals surface area contributed by atoms with Crippen LogP contribution in [0.3, 0.4) is 0 Å². The van der Waals surface area contributed by atoms with Crippen LogP contribution in [0.15, 0.2) is 18.2 Å². The molecule has 0 radical (unpaired) electrons. The highest BCUT2D eigenvalue weighted by molar-refractivity contribution is 5.94. The summed E-state index contributed by atoms with van der Waals surface area (Å²) in [4.78, 5) is 13.5. The van der Waals surface area contributed by atoms with E-state index in [1.165, 1.54) is 0 Å². The molecule has 0 fully saturated rings. The fourth-order valence-electron chi connectivity index (χ4n) is 1.66. The normalized spacial score (nSPS) is 11.4. The van der Waals surface area contributed by atoms with Gasteiger partial charge in [-0.25, -0.2) is 0 Å². The van der Waals surface area contributed by atoms with Crippen LogP contribution in [-0.4, -0.2) is 29.5 Å². The second kappa shape index (κ2) is 4.78. The second-order valence-corrected chi connectivity index (χ2v) is 5.30. The SMILES string of the molecule is CCN(C)C(=O)c1ccc(C(C)(C)C)c(O)c1. The van der Waals surface area contributed by atoms with Gasteiger partial charge in [0.2, 0.25) is 0 Å². The molecule has 94 valence electrons. The Morgan fingerprint density at radius 3 is 2.35 bits per heavy atom. The van der Waals surface area contributed by atoms with Gasteiger partial charge < -0.3 is 10.0 Å². The monoisotopic (exact) mass is 235 g/mol. The van der Waals surface area contributed by atoms with Crippen molar-refractivity contribution in [3.8, 4) is 5.75 Å². The minimum atomic E-state index is -0.123. The van der Waals surface area contributed by atoms with Gasteiger partial charge in [0.25, 0.3) is 5.91 Å². The molecule has 17 heavy (non-hydrogen) atoms. The number of hydrogen-bond donors (Lipinski definition) is 1. The van der Waals surface area contributed by atoms with Crippen LogP contribution >= 0.6 is 0 Å². The standard InChI is InChI=1S/C14H21NO2/c1-6-15(5)13(17)10-7-8-11(12(16)9-10)14(2,3)4/h7-9,16H,6H2,1-5H3. The number of phenols is 1. The fourth-order valence-corrected chi connectivity index (χ4v) is 1.66. The van der Waals surface area contributed by atoms with Crippen molar-refractivity contribution < 1.29 is 9.90 Å². The Kier molecular flexibility index (Phi) is 3.81. The van der Waals surface area contributed by atoms with E-state index >= 15 is 0 Å². The van der Waals surface area contributed by atoms with Gasteiger partial charge >= 0.3 is 0 Å². The number of aromatic hydroxyl groups is 1. The second-order valence-electron chi connectivity index (χ2n) is 5.30. The van der Waals surface area contributed by atoms with Crippen molar-refractivity contribution in [1.82, 2.24) is 4.90 Å². The van der Waals surface area contributed by atoms with Crippen LogP contribution < -0.4 is 0 Å². The van der Waals surface area contributed by atoms with Gasteiger partial charge in [-0.1, -0.05) is 26.8 Å². The molecule has 0 saturated heterocycles. The molecule has 0 aromatic heterocycles. The summed E-state index contributed by atoms with van der Waals surface area (Å²) in [6.45, 7) is 8.66. The van der Waals surface area contributed by atoms with E-state index in [2.05, 4.69) is 0 Å². The van der Waals surface area contributed by atoms with E-state index in [0.29, 0.717) is 12.1 Å². The van der Waals surface area contributed by atoms with E-state index < -0.39 is 0 Å². The number of benzene rings is 1. The summed E-state index contributed by atoms with van der Waals surface area (Å²) in [5.74, 6) is 0.121. The molecule has 1 aromatic rings. The number of hydrogen-bond acceptors (Lipinski definition) is 2. The lowest BCUT2D eigenvalue weighted by Crippen LogP contribution is -2.26. The average molecular weight is 235 g/mol. The fraction of sp³-hybridized carbons (Fsp3) is 0.500. The molecule has 1 amide bonds. The van der Waals surface area contributed by atoms with E-state index in [1.54, 1.807) is 24.1 Å². The van der Waals surface area contributed by atoms with Gasteiger partial charge in [0.15, 0.2) is 0 Å². The maximum atomic E-state index is 11.9. The van der Waals surface area contributed by atoms with Crippen molar-refractivity contribution >= 4 is 5.91 Å². The van der Waals surface area contributed by atoms with Crippen LogP contribution in [0.2, 0.25) is 0 Å². The molecule has 0 bridgehead atoms. The minimum absolute atomic E-state index is 0.0664. The summed E-state index contributed by atoms with van der Waals surface area (Å²) in [5, 5.41) is 9.96. The van der Waals surface area contributed by atoms with Gasteiger partial charge in [0.05, 0.1) is 0 Å². The third-order valence-electron chi connectivity index (χ3n) is 2.87. The molecule has 0 aliphatic carbocycles. The van der Waals surface area contributed by atoms with Gasteiger partial charge in [0.1, 0.15) is 5.75 Å². The Labute approximate surface area is 103 Å². The van der Waals surface area contributed by atoms with Crippen LogP contribution in [0.1, 0.15) is 43.6 Å². The van der Waals surface area contributed by atoms with Gasteiger partial charge in [-0.3, -0.25) is 4.79 Å². The summed E-state index contributed by atoms with van der Waals surface area (Å²) in [7, 11) is 1.75. The summed E-state index contributed by atoms with van der Waals surface area (Å²) < 4.78 is 0. The molecule has 1 rings (SSSR count). The van der Waals surface area contributed by atoms with E-state index in [4.69, 9.17) is 0 Å². The molecule has 3 nitrogen and oxygen atoms in total. The zero-order chi connectivity index (χ0) is 13.2. The topological polar surface area (TPSA) is 40.5 Å². The zero-order valence-electron chi connectivity index (χ0n) is 11.2. The summed E-state index contributed by atoms with van der Waals surface area (Å²) >= 11 is 0. The molecule has 0 spiro atoms. The quantitative estimate of drug-likeness (QED) is 0.856. The third-order valence-corrected chi connectivity index (χ3v) is 2.87. The van der Waals surface area contributed by atoms with Gasteiger partial charge in [-0.2, -0.15) is 0 Å². The molecule has 0 saturated carbocycles. The Morgan fingerprint density at radius 1 is 1.35 bits per heavy atom. The molecular formula is C14H21NO2. The van der Waals surface area contributed by atoms with E-state index in [0.717, 1.165) is 5.56 Å². The highest BCUT2D eigenvalue weighted by Gasteiger charge is 2.19. The van der Waals surface area contributed by atoms with Crippen molar-refractivity contribution in [2.24, 2.45) is 0 Å². The average Bonchev–Trinajstić information content (AvgIpc) is 2.25. The minimum Gasteiger partial charge on any atom is -0.508 e. The molecule has 0 atom stereocenters. The first kappa shape index (κ1) is 13.6. The maximum absolute atomic E-state index is 11.9. The Bertz CT molecular complexity index is 419. The van der Waals surface area contributed by atoms with Crippen molar-refractivity contribution in [2.75, 3.05) is 13.6 Å². The van der Waals surface area contributed by atoms with Crippen molar-refractivity contribution in [1.29, 1.82) is 0 Å². The van der Waals surface area contributed by atoms with Crippen LogP contribution in [0.5, 0.6) is 5.75 Å². The zero-order valence-corrected chi connectivity index (χ0v) is 11.2. The van der Waals surface area contributed by atoms with Gasteiger partial charge in [-0.05, 0) is 30.0 Å². The number of phenolic OH excluding ortho intramolecular Hbond substituents is 1. The van der Waals surface area contributed by atoms with Crippen molar-refractivity contribution in [3.63, 3.8) is 0 Å². The van der Waals surface area contributed by atoms with Crippen LogP contribution in [0, 0.1) is 0 Å². The Balaban J connectivity index is 3.09. The summed E-state index contributed by atoms with van der Waals surface area (Å²) in [6.07, 6.45) is 0. The van der Waals surface area contributed by atoms with E-state index in [-0.39, 0.29) is 17.1 Å². The van der Waals surface area contributed by atoms with Gasteiger partial charge in [-0.15, -0.1) is 0 Å². The molecular weight excluding hydrogens is 214 g/mol. The maximum Gasteiger partial charge on any atom is 0.253 e.